The van der Waals surface area contributed by atoms with Gasteiger partial charge in [-0.25, -0.2) is 9.59 Å². The van der Waals surface area contributed by atoms with Gasteiger partial charge >= 0.3 is 29.0 Å². The monoisotopic (exact) mass is 286 g/mol. The van der Waals surface area contributed by atoms with Crippen LogP contribution in [0.2, 0.25) is 0 Å². The van der Waals surface area contributed by atoms with Gasteiger partial charge in [-0.3, -0.25) is 0 Å². The van der Waals surface area contributed by atoms with Crippen LogP contribution in [0.1, 0.15) is 26.3 Å². The maximum Gasteiger partial charge on any atom is 1.00 e. The predicted octanol–water partition coefficient (Wildman–Crippen LogP) is -0.627. The van der Waals surface area contributed by atoms with E-state index in [4.69, 9.17) is 10.2 Å². The number of hydrogen-bond acceptors (Lipinski definition) is 4. The molecule has 0 aliphatic rings. The van der Waals surface area contributed by atoms with Gasteiger partial charge in [-0.2, -0.15) is 0 Å². The zero-order chi connectivity index (χ0) is 12.3. The Morgan fingerprint density at radius 3 is 2.12 bits per heavy atom. The first-order chi connectivity index (χ1) is 7.41. The molecule has 0 aliphatic heterocycles. The summed E-state index contributed by atoms with van der Waals surface area (Å²) in [4.78, 5) is 31.7. The molecule has 6 nitrogen and oxygen atoms in total. The Hall–Kier alpha value is -1.85. The summed E-state index contributed by atoms with van der Waals surface area (Å²) >= 11 is 0. The van der Waals surface area contributed by atoms with Crippen LogP contribution in [0.5, 0.6) is 0 Å². The number of aromatic carboxylic acids is 2. The molecule has 0 unspecified atom stereocenters. The molecule has 1 aromatic carbocycles. The third-order valence-corrected chi connectivity index (χ3v) is 1.92. The second-order valence-electron chi connectivity index (χ2n) is 3.03. The Balaban J connectivity index is 0.00000256. The van der Waals surface area contributed by atoms with E-state index >= 15 is 0 Å². The molecular formula is C10H7CuO6. The summed E-state index contributed by atoms with van der Waals surface area (Å²) in [5.74, 6) is -4.03. The number of benzene rings is 1. The maximum atomic E-state index is 10.7. The van der Waals surface area contributed by atoms with Gasteiger partial charge in [0.25, 0.3) is 0 Å². The number of carboxylic acids is 3. The minimum Gasteiger partial charge on any atom is -0.550 e. The SMILES string of the molecule is O=C([O-])Cc1cc(C(=O)O)ccc1C(=O)O.[Cu+]. The van der Waals surface area contributed by atoms with Crippen LogP contribution in [-0.4, -0.2) is 28.1 Å². The molecule has 0 bridgehead atoms. The van der Waals surface area contributed by atoms with Crippen LogP contribution >= 0.6 is 0 Å². The fourth-order valence-corrected chi connectivity index (χ4v) is 1.24. The van der Waals surface area contributed by atoms with E-state index in [9.17, 15) is 19.5 Å². The van der Waals surface area contributed by atoms with E-state index in [0.29, 0.717) is 0 Å². The fourth-order valence-electron chi connectivity index (χ4n) is 1.24. The van der Waals surface area contributed by atoms with Crippen molar-refractivity contribution in [2.24, 2.45) is 0 Å². The maximum absolute atomic E-state index is 10.7. The summed E-state index contributed by atoms with van der Waals surface area (Å²) in [6.07, 6.45) is -0.636. The molecule has 1 aromatic rings. The zero-order valence-corrected chi connectivity index (χ0v) is 9.21. The summed E-state index contributed by atoms with van der Waals surface area (Å²) in [5.41, 5.74) is -0.497. The van der Waals surface area contributed by atoms with E-state index in [1.165, 1.54) is 0 Å². The Kier molecular flexibility index (Phi) is 5.37. The molecule has 1 rings (SSSR count). The Bertz CT molecular complexity index is 468. The van der Waals surface area contributed by atoms with Crippen LogP contribution in [0.25, 0.3) is 0 Å². The Morgan fingerprint density at radius 1 is 1.12 bits per heavy atom. The topological polar surface area (TPSA) is 115 Å². The van der Waals surface area contributed by atoms with Crippen molar-refractivity contribution in [3.63, 3.8) is 0 Å². The van der Waals surface area contributed by atoms with Gasteiger partial charge in [-0.1, -0.05) is 0 Å². The van der Waals surface area contributed by atoms with Crippen molar-refractivity contribution in [2.75, 3.05) is 0 Å². The quantitative estimate of drug-likeness (QED) is 0.712. The molecule has 0 aliphatic carbocycles. The normalized spacial score (nSPS) is 9.18. The molecule has 17 heavy (non-hydrogen) atoms. The van der Waals surface area contributed by atoms with Crippen LogP contribution in [0.15, 0.2) is 18.2 Å². The van der Waals surface area contributed by atoms with Crippen LogP contribution in [0.3, 0.4) is 0 Å². The molecule has 2 N–H and O–H groups in total. The smallest absolute Gasteiger partial charge is 0.550 e. The van der Waals surface area contributed by atoms with Crippen molar-refractivity contribution in [1.29, 1.82) is 0 Å². The first kappa shape index (κ1) is 15.1. The van der Waals surface area contributed by atoms with Gasteiger partial charge in [-0.05, 0) is 23.8 Å². The third-order valence-electron chi connectivity index (χ3n) is 1.92. The number of rotatable bonds is 4. The van der Waals surface area contributed by atoms with Crippen molar-refractivity contribution < 1.29 is 46.8 Å². The van der Waals surface area contributed by atoms with Crippen molar-refractivity contribution in [2.45, 2.75) is 6.42 Å². The van der Waals surface area contributed by atoms with E-state index in [0.717, 1.165) is 18.2 Å². The number of carbonyl (C=O) groups is 3. The molecule has 0 amide bonds. The van der Waals surface area contributed by atoms with Crippen molar-refractivity contribution >= 4 is 17.9 Å². The van der Waals surface area contributed by atoms with Crippen molar-refractivity contribution in [3.8, 4) is 0 Å². The average Bonchev–Trinajstić information content (AvgIpc) is 2.15. The van der Waals surface area contributed by atoms with Crippen LogP contribution in [0.4, 0.5) is 0 Å². The largest absolute Gasteiger partial charge is 1.00 e. The molecule has 0 fully saturated rings. The first-order valence-corrected chi connectivity index (χ1v) is 4.21. The molecule has 7 heteroatoms. The summed E-state index contributed by atoms with van der Waals surface area (Å²) in [7, 11) is 0. The van der Waals surface area contributed by atoms with Gasteiger partial charge in [-0.15, -0.1) is 0 Å². The molecule has 0 heterocycles. The Morgan fingerprint density at radius 2 is 1.71 bits per heavy atom. The minimum atomic E-state index is -1.47. The van der Waals surface area contributed by atoms with Crippen molar-refractivity contribution in [3.05, 3.63) is 34.9 Å². The number of aliphatic carboxylic acids is 1. The first-order valence-electron chi connectivity index (χ1n) is 4.21. The molecule has 0 saturated carbocycles. The summed E-state index contributed by atoms with van der Waals surface area (Å²) in [5, 5.41) is 27.8. The van der Waals surface area contributed by atoms with E-state index < -0.39 is 24.3 Å². The molecule has 0 saturated heterocycles. The molecule has 0 spiro atoms. The summed E-state index contributed by atoms with van der Waals surface area (Å²) < 4.78 is 0. The summed E-state index contributed by atoms with van der Waals surface area (Å²) in [6, 6.07) is 3.18. The standard InChI is InChI=1S/C10H8O6.Cu/c11-8(12)4-6-3-5(9(13)14)1-2-7(6)10(15)16;/h1-3H,4H2,(H,11,12)(H,13,14)(H,15,16);/q;+1/p-1. The van der Waals surface area contributed by atoms with E-state index in [1.54, 1.807) is 0 Å². The molecule has 94 valence electrons. The predicted molar refractivity (Wildman–Crippen MR) is 49.1 cm³/mol. The molecule has 0 radical (unpaired) electrons. The third kappa shape index (κ3) is 3.90. The second kappa shape index (κ2) is 6.03. The average molecular weight is 287 g/mol. The van der Waals surface area contributed by atoms with Crippen molar-refractivity contribution in [1.82, 2.24) is 0 Å². The van der Waals surface area contributed by atoms with Gasteiger partial charge in [0, 0.05) is 12.4 Å². The molecular weight excluding hydrogens is 280 g/mol. The van der Waals surface area contributed by atoms with E-state index in [-0.39, 0.29) is 33.8 Å². The van der Waals surface area contributed by atoms with E-state index in [1.807, 2.05) is 0 Å². The summed E-state index contributed by atoms with van der Waals surface area (Å²) in [6.45, 7) is 0. The fraction of sp³-hybridized carbons (Fsp3) is 0.100. The number of carboxylic acid groups (broad SMARTS) is 3. The molecule has 0 aromatic heterocycles. The number of hydrogen-bond donors (Lipinski definition) is 2. The van der Waals surface area contributed by atoms with Crippen LogP contribution < -0.4 is 5.11 Å². The molecule has 0 atom stereocenters. The Labute approximate surface area is 106 Å². The second-order valence-corrected chi connectivity index (χ2v) is 3.03. The number of carbonyl (C=O) groups excluding carboxylic acids is 1. The van der Waals surface area contributed by atoms with E-state index in [2.05, 4.69) is 0 Å². The van der Waals surface area contributed by atoms with Gasteiger partial charge in [0.1, 0.15) is 0 Å². The van der Waals surface area contributed by atoms with Crippen LogP contribution in [-0.2, 0) is 28.3 Å². The van der Waals surface area contributed by atoms with Crippen LogP contribution in [0, 0.1) is 0 Å². The van der Waals surface area contributed by atoms with Gasteiger partial charge in [0.15, 0.2) is 0 Å². The van der Waals surface area contributed by atoms with Gasteiger partial charge in [0.05, 0.1) is 11.1 Å². The minimum absolute atomic E-state index is 0. The zero-order valence-electron chi connectivity index (χ0n) is 8.27. The van der Waals surface area contributed by atoms with Gasteiger partial charge < -0.3 is 20.1 Å². The van der Waals surface area contributed by atoms with Gasteiger partial charge in [0.2, 0.25) is 0 Å².